The van der Waals surface area contributed by atoms with E-state index in [1.165, 1.54) is 0 Å². The average molecular weight is 386 g/mol. The zero-order chi connectivity index (χ0) is 20.4. The van der Waals surface area contributed by atoms with Crippen LogP contribution in [-0.4, -0.2) is 23.1 Å². The van der Waals surface area contributed by atoms with E-state index in [-0.39, 0.29) is 16.2 Å². The molecule has 0 aromatic carbocycles. The van der Waals surface area contributed by atoms with Crippen molar-refractivity contribution in [1.82, 2.24) is 0 Å². The van der Waals surface area contributed by atoms with Crippen molar-refractivity contribution in [1.29, 1.82) is 0 Å². The minimum absolute atomic E-state index is 0.167. The van der Waals surface area contributed by atoms with Gasteiger partial charge in [-0.25, -0.2) is 0 Å². The molecule has 1 spiro atoms. The lowest BCUT2D eigenvalue weighted by Gasteiger charge is -2.56. The Morgan fingerprint density at radius 1 is 0.962 bits per heavy atom. The molecule has 1 N–H and O–H groups in total. The summed E-state index contributed by atoms with van der Waals surface area (Å²) >= 11 is 0. The lowest BCUT2D eigenvalue weighted by Crippen LogP contribution is -2.60. The summed E-state index contributed by atoms with van der Waals surface area (Å²) in [6.45, 7) is 12.0. The molecule has 2 bridgehead atoms. The molecule has 0 aromatic rings. The Kier molecular flexibility index (Phi) is 3.70. The summed E-state index contributed by atoms with van der Waals surface area (Å²) in [7, 11) is 0. The van der Waals surface area contributed by atoms with Crippen molar-refractivity contribution in [2.24, 2.45) is 39.4 Å². The van der Waals surface area contributed by atoms with E-state index in [0.717, 1.165) is 0 Å². The molecule has 152 valence electrons. The van der Waals surface area contributed by atoms with E-state index in [2.05, 4.69) is 6.92 Å². The van der Waals surface area contributed by atoms with Gasteiger partial charge in [-0.15, -0.1) is 0 Å². The maximum atomic E-state index is 13.3. The van der Waals surface area contributed by atoms with Gasteiger partial charge < -0.3 is 5.11 Å². The second-order valence-corrected chi connectivity index (χ2v) is 10.5. The molecule has 7 heteroatoms. The summed E-state index contributed by atoms with van der Waals surface area (Å²) in [5, 5.41) is 9.77. The number of fused-ring (bicyclic) bond motifs is 1. The van der Waals surface area contributed by atoms with E-state index in [0.29, 0.717) is 24.7 Å². The number of rotatable bonds is 2. The smallest absolute Gasteiger partial charge is 0.374 e. The van der Waals surface area contributed by atoms with E-state index in [4.69, 9.17) is 0 Å². The van der Waals surface area contributed by atoms with Crippen molar-refractivity contribution in [2.45, 2.75) is 78.8 Å². The highest BCUT2D eigenvalue weighted by Gasteiger charge is 2.86. The lowest BCUT2D eigenvalue weighted by molar-refractivity contribution is -0.375. The predicted molar refractivity (Wildman–Crippen MR) is 85.2 cm³/mol. The van der Waals surface area contributed by atoms with E-state index in [1.807, 2.05) is 34.6 Å². The molecular weight excluding hydrogens is 358 g/mol. The van der Waals surface area contributed by atoms with Crippen LogP contribution in [0.4, 0.5) is 26.3 Å². The third kappa shape index (κ3) is 1.99. The SMILES string of the molecule is CC1C2C13CC(CC(O)(C(F)(F)F)C(F)(F)F)C(C)(C3)C2(C)C(C)(C)C. The molecule has 0 saturated heterocycles. The molecule has 0 amide bonds. The van der Waals surface area contributed by atoms with Gasteiger partial charge in [0.25, 0.3) is 5.60 Å². The van der Waals surface area contributed by atoms with Crippen molar-refractivity contribution in [2.75, 3.05) is 0 Å². The van der Waals surface area contributed by atoms with Crippen molar-refractivity contribution in [3.8, 4) is 0 Å². The number of hydrogen-bond acceptors (Lipinski definition) is 1. The van der Waals surface area contributed by atoms with E-state index < -0.39 is 35.7 Å². The predicted octanol–water partition coefficient (Wildman–Crippen LogP) is 5.97. The van der Waals surface area contributed by atoms with Gasteiger partial charge in [-0.2, -0.15) is 26.3 Å². The first kappa shape index (κ1) is 20.3. The maximum Gasteiger partial charge on any atom is 0.426 e. The van der Waals surface area contributed by atoms with Crippen molar-refractivity contribution in [3.05, 3.63) is 0 Å². The normalized spacial score (nSPS) is 45.8. The molecule has 3 rings (SSSR count). The van der Waals surface area contributed by atoms with E-state index in [1.54, 1.807) is 0 Å². The van der Waals surface area contributed by atoms with Crippen LogP contribution in [0.2, 0.25) is 0 Å². The minimum Gasteiger partial charge on any atom is -0.374 e. The van der Waals surface area contributed by atoms with Gasteiger partial charge in [0.1, 0.15) is 0 Å². The first-order valence-corrected chi connectivity index (χ1v) is 9.15. The molecule has 3 aliphatic carbocycles. The molecule has 3 saturated carbocycles. The second-order valence-electron chi connectivity index (χ2n) is 10.5. The number of halogens is 6. The molecule has 0 aromatic heterocycles. The van der Waals surface area contributed by atoms with Crippen LogP contribution in [0.15, 0.2) is 0 Å². The van der Waals surface area contributed by atoms with Crippen LogP contribution in [-0.2, 0) is 0 Å². The largest absolute Gasteiger partial charge is 0.426 e. The van der Waals surface area contributed by atoms with Crippen LogP contribution in [0.3, 0.4) is 0 Å². The average Bonchev–Trinajstić information content (AvgIpc) is 2.72. The van der Waals surface area contributed by atoms with Crippen LogP contribution in [0, 0.1) is 39.4 Å². The topological polar surface area (TPSA) is 20.2 Å². The fourth-order valence-electron chi connectivity index (χ4n) is 7.27. The summed E-state index contributed by atoms with van der Waals surface area (Å²) < 4.78 is 79.6. The van der Waals surface area contributed by atoms with Gasteiger partial charge in [-0.1, -0.05) is 41.5 Å². The summed E-state index contributed by atoms with van der Waals surface area (Å²) in [4.78, 5) is 0. The fourth-order valence-corrected chi connectivity index (χ4v) is 7.27. The number of hydrogen-bond donors (Lipinski definition) is 1. The van der Waals surface area contributed by atoms with Gasteiger partial charge in [-0.05, 0) is 58.7 Å². The first-order chi connectivity index (χ1) is 11.3. The Balaban J connectivity index is 2.04. The summed E-state index contributed by atoms with van der Waals surface area (Å²) in [6, 6.07) is 0. The van der Waals surface area contributed by atoms with Gasteiger partial charge in [-0.3, -0.25) is 0 Å². The second kappa shape index (κ2) is 4.74. The molecule has 3 aliphatic rings. The van der Waals surface area contributed by atoms with Crippen LogP contribution in [0.5, 0.6) is 0 Å². The third-order valence-corrected chi connectivity index (χ3v) is 8.99. The quantitative estimate of drug-likeness (QED) is 0.580. The molecule has 1 nitrogen and oxygen atoms in total. The minimum atomic E-state index is -5.74. The molecule has 0 radical (unpaired) electrons. The van der Waals surface area contributed by atoms with Crippen LogP contribution in [0.1, 0.15) is 60.8 Å². The zero-order valence-electron chi connectivity index (χ0n) is 16.1. The standard InChI is InChI=1S/C19H28F6O/c1-10-12-15(6,13(2,3)4)14(5)9-16(10,12)7-11(14)8-17(26,18(20,21)22)19(23,24)25/h10-12,26H,7-9H2,1-6H3. The summed E-state index contributed by atoms with van der Waals surface area (Å²) in [6.07, 6.45) is -11.8. The highest BCUT2D eigenvalue weighted by molar-refractivity contribution is 5.33. The van der Waals surface area contributed by atoms with Gasteiger partial charge >= 0.3 is 12.4 Å². The van der Waals surface area contributed by atoms with Gasteiger partial charge in [0.05, 0.1) is 0 Å². The Labute approximate surface area is 150 Å². The molecule has 26 heavy (non-hydrogen) atoms. The Morgan fingerprint density at radius 3 is 1.77 bits per heavy atom. The highest BCUT2D eigenvalue weighted by atomic mass is 19.4. The van der Waals surface area contributed by atoms with Gasteiger partial charge in [0, 0.05) is 0 Å². The van der Waals surface area contributed by atoms with Crippen molar-refractivity contribution in [3.63, 3.8) is 0 Å². The Bertz CT molecular complexity index is 603. The number of aliphatic hydroxyl groups is 1. The Hall–Kier alpha value is -0.460. The summed E-state index contributed by atoms with van der Waals surface area (Å²) in [5.74, 6) is -0.197. The highest BCUT2D eigenvalue weighted by Crippen LogP contribution is 2.91. The molecule has 6 atom stereocenters. The number of alkyl halides is 6. The lowest BCUT2D eigenvalue weighted by atomic mass is 9.48. The van der Waals surface area contributed by atoms with Gasteiger partial charge in [0.2, 0.25) is 0 Å². The zero-order valence-corrected chi connectivity index (χ0v) is 16.1. The van der Waals surface area contributed by atoms with Crippen LogP contribution < -0.4 is 0 Å². The van der Waals surface area contributed by atoms with Crippen LogP contribution in [0.25, 0.3) is 0 Å². The van der Waals surface area contributed by atoms with Gasteiger partial charge in [0.15, 0.2) is 0 Å². The first-order valence-electron chi connectivity index (χ1n) is 9.15. The molecular formula is C19H28F6O. The molecule has 0 heterocycles. The van der Waals surface area contributed by atoms with Crippen molar-refractivity contribution >= 4 is 0 Å². The van der Waals surface area contributed by atoms with Crippen LogP contribution >= 0.6 is 0 Å². The van der Waals surface area contributed by atoms with E-state index >= 15 is 0 Å². The Morgan fingerprint density at radius 2 is 1.42 bits per heavy atom. The van der Waals surface area contributed by atoms with E-state index in [9.17, 15) is 31.4 Å². The molecule has 3 fully saturated rings. The van der Waals surface area contributed by atoms with Crippen molar-refractivity contribution < 1.29 is 31.4 Å². The molecule has 6 unspecified atom stereocenters. The monoisotopic (exact) mass is 386 g/mol. The molecule has 0 aliphatic heterocycles. The third-order valence-electron chi connectivity index (χ3n) is 8.99. The summed E-state index contributed by atoms with van der Waals surface area (Å²) in [5.41, 5.74) is -6.11. The fraction of sp³-hybridized carbons (Fsp3) is 1.00. The maximum absolute atomic E-state index is 13.3.